The molecule has 0 bridgehead atoms. The Hall–Kier alpha value is -3.09. The smallest absolute Gasteiger partial charge is 0.355 e. The molecule has 1 fully saturated rings. The summed E-state index contributed by atoms with van der Waals surface area (Å²) in [6, 6.07) is 7.31. The van der Waals surface area contributed by atoms with Crippen LogP contribution < -0.4 is 5.32 Å². The number of aromatic nitrogens is 1. The standard InChI is InChI=1S/C22H27N3O4/c1-5-29-21(27)20-14(3)19(15(4)23-20)18(26)12-25(17-9-10-17)22(28)24-16-8-6-7-13(2)11-16/h6-8,11,17,23H,5,9-10,12H2,1-4H3,(H,24,28). The topological polar surface area (TPSA) is 91.5 Å². The highest BCUT2D eigenvalue weighted by atomic mass is 16.5. The number of aryl methyl sites for hydroxylation is 2. The van der Waals surface area contributed by atoms with Gasteiger partial charge in [-0.25, -0.2) is 9.59 Å². The molecule has 0 radical (unpaired) electrons. The third kappa shape index (κ3) is 4.67. The van der Waals surface area contributed by atoms with E-state index in [1.54, 1.807) is 25.7 Å². The third-order valence-electron chi connectivity index (χ3n) is 5.03. The fourth-order valence-corrected chi connectivity index (χ4v) is 3.48. The van der Waals surface area contributed by atoms with E-state index in [-0.39, 0.29) is 36.7 Å². The third-order valence-corrected chi connectivity index (χ3v) is 5.03. The molecule has 1 aliphatic carbocycles. The number of hydrogen-bond acceptors (Lipinski definition) is 4. The quantitative estimate of drug-likeness (QED) is 0.546. The molecule has 29 heavy (non-hydrogen) atoms. The predicted molar refractivity (Wildman–Crippen MR) is 110 cm³/mol. The second kappa shape index (κ2) is 8.51. The molecule has 1 aromatic carbocycles. The highest BCUT2D eigenvalue weighted by Crippen LogP contribution is 2.29. The Balaban J connectivity index is 1.77. The van der Waals surface area contributed by atoms with Crippen molar-refractivity contribution in [3.8, 4) is 0 Å². The molecular formula is C22H27N3O4. The number of hydrogen-bond donors (Lipinski definition) is 2. The molecule has 0 unspecified atom stereocenters. The number of carbonyl (C=O) groups is 3. The van der Waals surface area contributed by atoms with E-state index in [9.17, 15) is 14.4 Å². The maximum absolute atomic E-state index is 13.0. The first kappa shape index (κ1) is 20.6. The molecule has 1 heterocycles. The lowest BCUT2D eigenvalue weighted by atomic mass is 10.1. The van der Waals surface area contributed by atoms with Gasteiger partial charge in [0.2, 0.25) is 0 Å². The van der Waals surface area contributed by atoms with Crippen LogP contribution in [0.25, 0.3) is 0 Å². The van der Waals surface area contributed by atoms with Crippen molar-refractivity contribution in [2.75, 3.05) is 18.5 Å². The molecule has 0 aliphatic heterocycles. The Morgan fingerprint density at radius 3 is 2.55 bits per heavy atom. The fraction of sp³-hybridized carbons (Fsp3) is 0.409. The van der Waals surface area contributed by atoms with Crippen LogP contribution in [0, 0.1) is 20.8 Å². The van der Waals surface area contributed by atoms with Gasteiger partial charge in [0.05, 0.1) is 13.2 Å². The van der Waals surface area contributed by atoms with Gasteiger partial charge in [0, 0.05) is 23.0 Å². The number of anilines is 1. The SMILES string of the molecule is CCOC(=O)c1[nH]c(C)c(C(=O)CN(C(=O)Nc2cccc(C)c2)C2CC2)c1C. The van der Waals surface area contributed by atoms with E-state index in [1.165, 1.54) is 0 Å². The molecule has 2 amide bonds. The van der Waals surface area contributed by atoms with Crippen LogP contribution in [0.1, 0.15) is 57.4 Å². The Bertz CT molecular complexity index is 944. The number of ether oxygens (including phenoxy) is 1. The number of nitrogens with zero attached hydrogens (tertiary/aromatic N) is 1. The predicted octanol–water partition coefficient (Wildman–Crippen LogP) is 4.00. The maximum Gasteiger partial charge on any atom is 0.355 e. The van der Waals surface area contributed by atoms with Crippen LogP contribution in [-0.2, 0) is 4.74 Å². The minimum atomic E-state index is -0.483. The van der Waals surface area contributed by atoms with Crippen molar-refractivity contribution >= 4 is 23.5 Å². The van der Waals surface area contributed by atoms with Gasteiger partial charge >= 0.3 is 12.0 Å². The minimum Gasteiger partial charge on any atom is -0.461 e. The van der Waals surface area contributed by atoms with Gasteiger partial charge in [0.25, 0.3) is 0 Å². The monoisotopic (exact) mass is 397 g/mol. The van der Waals surface area contributed by atoms with E-state index in [1.807, 2.05) is 31.2 Å². The molecule has 154 valence electrons. The number of rotatable bonds is 7. The van der Waals surface area contributed by atoms with Gasteiger partial charge in [-0.3, -0.25) is 4.79 Å². The summed E-state index contributed by atoms with van der Waals surface area (Å²) in [5.74, 6) is -0.679. The zero-order valence-corrected chi connectivity index (χ0v) is 17.3. The van der Waals surface area contributed by atoms with Crippen LogP contribution in [0.5, 0.6) is 0 Å². The van der Waals surface area contributed by atoms with E-state index in [0.717, 1.165) is 18.4 Å². The van der Waals surface area contributed by atoms with E-state index in [0.29, 0.717) is 22.5 Å². The number of amides is 2. The number of aromatic amines is 1. The molecule has 0 saturated heterocycles. The first-order valence-electron chi connectivity index (χ1n) is 9.85. The number of carbonyl (C=O) groups excluding carboxylic acids is 3. The highest BCUT2D eigenvalue weighted by molar-refractivity contribution is 6.05. The number of urea groups is 1. The van der Waals surface area contributed by atoms with Crippen molar-refractivity contribution in [3.63, 3.8) is 0 Å². The summed E-state index contributed by atoms with van der Waals surface area (Å²) in [4.78, 5) is 42.5. The van der Waals surface area contributed by atoms with Crippen molar-refractivity contribution in [2.24, 2.45) is 0 Å². The normalized spacial score (nSPS) is 13.1. The minimum absolute atomic E-state index is 0.0376. The molecule has 7 nitrogen and oxygen atoms in total. The second-order valence-electron chi connectivity index (χ2n) is 7.43. The zero-order chi connectivity index (χ0) is 21.1. The van der Waals surface area contributed by atoms with Gasteiger partial charge in [-0.05, 0) is 63.8 Å². The van der Waals surface area contributed by atoms with E-state index in [4.69, 9.17) is 4.74 Å². The van der Waals surface area contributed by atoms with Crippen molar-refractivity contribution < 1.29 is 19.1 Å². The lowest BCUT2D eigenvalue weighted by Gasteiger charge is -2.22. The molecule has 1 aromatic heterocycles. The van der Waals surface area contributed by atoms with E-state index >= 15 is 0 Å². The Kier molecular flexibility index (Phi) is 6.06. The largest absolute Gasteiger partial charge is 0.461 e. The van der Waals surface area contributed by atoms with Gasteiger partial charge in [-0.15, -0.1) is 0 Å². The molecule has 0 atom stereocenters. The Labute approximate surface area is 170 Å². The summed E-state index contributed by atoms with van der Waals surface area (Å²) in [6.45, 7) is 7.37. The van der Waals surface area contributed by atoms with Gasteiger partial charge in [-0.1, -0.05) is 12.1 Å². The van der Waals surface area contributed by atoms with Gasteiger partial charge < -0.3 is 19.9 Å². The van der Waals surface area contributed by atoms with Crippen LogP contribution in [0.15, 0.2) is 24.3 Å². The van der Waals surface area contributed by atoms with Crippen LogP contribution in [-0.4, -0.2) is 46.9 Å². The van der Waals surface area contributed by atoms with Crippen LogP contribution in [0.3, 0.4) is 0 Å². The lowest BCUT2D eigenvalue weighted by Crippen LogP contribution is -2.40. The molecular weight excluding hydrogens is 370 g/mol. The van der Waals surface area contributed by atoms with Crippen molar-refractivity contribution in [1.29, 1.82) is 0 Å². The molecule has 1 saturated carbocycles. The van der Waals surface area contributed by atoms with Crippen molar-refractivity contribution in [3.05, 3.63) is 52.3 Å². The summed E-state index contributed by atoms with van der Waals surface area (Å²) >= 11 is 0. The first-order valence-corrected chi connectivity index (χ1v) is 9.85. The number of H-pyrrole nitrogens is 1. The van der Waals surface area contributed by atoms with Gasteiger partial charge in [0.15, 0.2) is 5.78 Å². The van der Waals surface area contributed by atoms with Crippen LogP contribution >= 0.6 is 0 Å². The average molecular weight is 397 g/mol. The molecule has 2 N–H and O–H groups in total. The molecule has 3 rings (SSSR count). The van der Waals surface area contributed by atoms with E-state index < -0.39 is 5.97 Å². The Morgan fingerprint density at radius 1 is 1.21 bits per heavy atom. The summed E-state index contributed by atoms with van der Waals surface area (Å²) in [7, 11) is 0. The van der Waals surface area contributed by atoms with Gasteiger partial charge in [0.1, 0.15) is 5.69 Å². The highest BCUT2D eigenvalue weighted by Gasteiger charge is 2.35. The number of Topliss-reactive ketones (excluding diaryl/α,β-unsaturated/α-hetero) is 1. The van der Waals surface area contributed by atoms with Gasteiger partial charge in [-0.2, -0.15) is 0 Å². The molecule has 0 spiro atoms. The lowest BCUT2D eigenvalue weighted by molar-refractivity contribution is 0.0519. The first-order chi connectivity index (χ1) is 13.8. The molecule has 2 aromatic rings. The van der Waals surface area contributed by atoms with Crippen LogP contribution in [0.2, 0.25) is 0 Å². The summed E-state index contributed by atoms with van der Waals surface area (Å²) in [5.41, 5.74) is 3.64. The molecule has 7 heteroatoms. The van der Waals surface area contributed by atoms with Crippen LogP contribution in [0.4, 0.5) is 10.5 Å². The molecule has 1 aliphatic rings. The number of esters is 1. The maximum atomic E-state index is 13.0. The van der Waals surface area contributed by atoms with Crippen molar-refractivity contribution in [2.45, 2.75) is 46.6 Å². The number of benzene rings is 1. The Morgan fingerprint density at radius 2 is 1.93 bits per heavy atom. The average Bonchev–Trinajstić information content (AvgIpc) is 3.44. The summed E-state index contributed by atoms with van der Waals surface area (Å²) < 4.78 is 5.04. The number of nitrogens with one attached hydrogen (secondary N) is 2. The summed E-state index contributed by atoms with van der Waals surface area (Å²) in [5, 5.41) is 2.88. The summed E-state index contributed by atoms with van der Waals surface area (Å²) in [6.07, 6.45) is 1.77. The van der Waals surface area contributed by atoms with Crippen molar-refractivity contribution in [1.82, 2.24) is 9.88 Å². The second-order valence-corrected chi connectivity index (χ2v) is 7.43. The number of ketones is 1. The van der Waals surface area contributed by atoms with E-state index in [2.05, 4.69) is 10.3 Å². The zero-order valence-electron chi connectivity index (χ0n) is 17.3. The fourth-order valence-electron chi connectivity index (χ4n) is 3.48.